The Kier molecular flexibility index (Phi) is 54.9. The Hall–Kier alpha value is -2.40. The highest BCUT2D eigenvalue weighted by Crippen LogP contribution is 2.16. The third-order valence-corrected chi connectivity index (χ3v) is 12.5. The molecule has 0 aromatic carbocycles. The number of allylic oxidation sites excluding steroid dienone is 10. The fourth-order valence-corrected chi connectivity index (χ4v) is 8.26. The smallest absolute Gasteiger partial charge is 0.306 e. The summed E-state index contributed by atoms with van der Waals surface area (Å²) in [6, 6.07) is 0. The average Bonchev–Trinajstić information content (AvgIpc) is 3.32. The lowest BCUT2D eigenvalue weighted by molar-refractivity contribution is -0.163. The zero-order chi connectivity index (χ0) is 47.7. The summed E-state index contributed by atoms with van der Waals surface area (Å²) in [6.45, 7) is 7.69. The van der Waals surface area contributed by atoms with Crippen molar-refractivity contribution in [2.24, 2.45) is 0 Å². The number of carbonyl (C=O) groups is 2. The van der Waals surface area contributed by atoms with E-state index in [0.29, 0.717) is 19.4 Å². The second kappa shape index (κ2) is 56.9. The van der Waals surface area contributed by atoms with E-state index in [1.807, 2.05) is 0 Å². The van der Waals surface area contributed by atoms with Crippen molar-refractivity contribution in [3.63, 3.8) is 0 Å². The largest absolute Gasteiger partial charge is 0.462 e. The van der Waals surface area contributed by atoms with E-state index in [2.05, 4.69) is 81.5 Å². The molecule has 0 bridgehead atoms. The normalized spacial score (nSPS) is 12.6. The molecule has 5 nitrogen and oxygen atoms in total. The van der Waals surface area contributed by atoms with Gasteiger partial charge in [-0.05, 0) is 83.5 Å². The van der Waals surface area contributed by atoms with Gasteiger partial charge in [0.1, 0.15) is 6.61 Å². The van der Waals surface area contributed by atoms with E-state index in [1.165, 1.54) is 173 Å². The van der Waals surface area contributed by atoms with Crippen LogP contribution in [-0.2, 0) is 23.8 Å². The van der Waals surface area contributed by atoms with Gasteiger partial charge in [-0.15, -0.1) is 0 Å². The molecule has 0 saturated carbocycles. The monoisotopic (exact) mass is 923 g/mol. The summed E-state index contributed by atoms with van der Waals surface area (Å²) in [5.41, 5.74) is 0. The molecule has 0 spiro atoms. The molecule has 0 rings (SSSR count). The van der Waals surface area contributed by atoms with Crippen LogP contribution in [0.15, 0.2) is 60.8 Å². The first-order valence-electron chi connectivity index (χ1n) is 28.8. The highest BCUT2D eigenvalue weighted by atomic mass is 16.6. The number of rotatable bonds is 53. The summed E-state index contributed by atoms with van der Waals surface area (Å²) >= 11 is 0. The van der Waals surface area contributed by atoms with Crippen molar-refractivity contribution in [1.29, 1.82) is 0 Å². The Labute approximate surface area is 411 Å². The van der Waals surface area contributed by atoms with Crippen LogP contribution in [-0.4, -0.2) is 37.9 Å². The van der Waals surface area contributed by atoms with Gasteiger partial charge in [0.25, 0.3) is 0 Å². The van der Waals surface area contributed by atoms with Gasteiger partial charge in [-0.2, -0.15) is 0 Å². The van der Waals surface area contributed by atoms with Gasteiger partial charge in [-0.1, -0.05) is 255 Å². The summed E-state index contributed by atoms with van der Waals surface area (Å²) in [4.78, 5) is 25.5. The van der Waals surface area contributed by atoms with E-state index in [1.54, 1.807) is 0 Å². The first kappa shape index (κ1) is 63.6. The molecule has 0 fully saturated rings. The van der Waals surface area contributed by atoms with E-state index < -0.39 is 6.10 Å². The minimum absolute atomic E-state index is 0.0763. The Bertz CT molecular complexity index is 1130. The van der Waals surface area contributed by atoms with Gasteiger partial charge in [0, 0.05) is 19.4 Å². The highest BCUT2D eigenvalue weighted by Gasteiger charge is 2.17. The van der Waals surface area contributed by atoms with Crippen molar-refractivity contribution in [3.8, 4) is 0 Å². The number of hydrogen-bond acceptors (Lipinski definition) is 5. The molecule has 0 aromatic rings. The van der Waals surface area contributed by atoms with Crippen LogP contribution in [0.1, 0.15) is 290 Å². The van der Waals surface area contributed by atoms with Crippen LogP contribution in [0.5, 0.6) is 0 Å². The van der Waals surface area contributed by atoms with Crippen molar-refractivity contribution in [3.05, 3.63) is 60.8 Å². The maximum atomic E-state index is 12.8. The highest BCUT2D eigenvalue weighted by molar-refractivity contribution is 5.70. The van der Waals surface area contributed by atoms with Gasteiger partial charge in [0.15, 0.2) is 6.10 Å². The van der Waals surface area contributed by atoms with Crippen LogP contribution in [0.4, 0.5) is 0 Å². The fraction of sp³-hybridized carbons (Fsp3) is 0.803. The van der Waals surface area contributed by atoms with Gasteiger partial charge in [0.2, 0.25) is 0 Å². The Balaban J connectivity index is 4.26. The van der Waals surface area contributed by atoms with Crippen LogP contribution < -0.4 is 0 Å². The molecular weight excluding hydrogens is 813 g/mol. The van der Waals surface area contributed by atoms with Crippen LogP contribution in [0.3, 0.4) is 0 Å². The fourth-order valence-electron chi connectivity index (χ4n) is 8.26. The number of hydrogen-bond donors (Lipinski definition) is 0. The second-order valence-corrected chi connectivity index (χ2v) is 19.2. The predicted molar refractivity (Wildman–Crippen MR) is 288 cm³/mol. The lowest BCUT2D eigenvalue weighted by Crippen LogP contribution is -2.30. The van der Waals surface area contributed by atoms with Crippen molar-refractivity contribution in [2.45, 2.75) is 297 Å². The Morgan fingerprint density at radius 2 is 0.682 bits per heavy atom. The summed E-state index contributed by atoms with van der Waals surface area (Å²) in [5.74, 6) is -0.408. The standard InChI is InChI=1S/C61H110O5/c1-4-7-10-13-16-19-22-25-28-30-31-32-34-36-39-42-45-48-51-54-60(62)65-58-59(57-64-56-53-50-47-44-41-38-35-29-26-23-20-17-14-11-8-5-2)66-61(63)55-52-49-46-43-40-37-33-27-24-21-18-15-12-9-6-3/h8,11,17-18,20-21,26-27,29,33,59H,4-7,9-10,12-16,19,22-25,28,30-32,34-58H2,1-3H3/b11-8-,20-17-,21-18-,29-26-,33-27-. The quantitative estimate of drug-likeness (QED) is 0.0346. The average molecular weight is 924 g/mol. The summed E-state index contributed by atoms with van der Waals surface area (Å²) in [5, 5.41) is 0. The van der Waals surface area contributed by atoms with E-state index >= 15 is 0 Å². The summed E-state index contributed by atoms with van der Waals surface area (Å²) in [7, 11) is 0. The Morgan fingerprint density at radius 1 is 0.348 bits per heavy atom. The Morgan fingerprint density at radius 3 is 1.12 bits per heavy atom. The lowest BCUT2D eigenvalue weighted by Gasteiger charge is -2.18. The summed E-state index contributed by atoms with van der Waals surface area (Å²) < 4.78 is 17.5. The third-order valence-electron chi connectivity index (χ3n) is 12.5. The van der Waals surface area contributed by atoms with Crippen molar-refractivity contribution in [1.82, 2.24) is 0 Å². The minimum Gasteiger partial charge on any atom is -0.462 e. The second-order valence-electron chi connectivity index (χ2n) is 19.2. The molecule has 0 radical (unpaired) electrons. The molecule has 5 heteroatoms. The van der Waals surface area contributed by atoms with Crippen LogP contribution >= 0.6 is 0 Å². The van der Waals surface area contributed by atoms with Gasteiger partial charge in [-0.3, -0.25) is 9.59 Å². The molecule has 0 aliphatic heterocycles. The zero-order valence-electron chi connectivity index (χ0n) is 44.2. The number of ether oxygens (including phenoxy) is 3. The maximum absolute atomic E-state index is 12.8. The van der Waals surface area contributed by atoms with E-state index in [4.69, 9.17) is 14.2 Å². The third kappa shape index (κ3) is 54.2. The van der Waals surface area contributed by atoms with E-state index in [-0.39, 0.29) is 25.2 Å². The minimum atomic E-state index is -0.550. The molecule has 0 N–H and O–H groups in total. The molecule has 1 unspecified atom stereocenters. The van der Waals surface area contributed by atoms with Crippen LogP contribution in [0, 0.1) is 0 Å². The number of unbranched alkanes of at least 4 members (excludes halogenated alkanes) is 32. The topological polar surface area (TPSA) is 61.8 Å². The van der Waals surface area contributed by atoms with Crippen LogP contribution in [0.2, 0.25) is 0 Å². The van der Waals surface area contributed by atoms with Gasteiger partial charge in [0.05, 0.1) is 6.61 Å². The maximum Gasteiger partial charge on any atom is 0.306 e. The van der Waals surface area contributed by atoms with Gasteiger partial charge in [-0.25, -0.2) is 0 Å². The first-order valence-corrected chi connectivity index (χ1v) is 28.8. The van der Waals surface area contributed by atoms with Crippen LogP contribution in [0.25, 0.3) is 0 Å². The number of carbonyl (C=O) groups excluding carboxylic acids is 2. The molecular formula is C61H110O5. The molecule has 384 valence electrons. The van der Waals surface area contributed by atoms with Gasteiger partial charge < -0.3 is 14.2 Å². The van der Waals surface area contributed by atoms with Gasteiger partial charge >= 0.3 is 11.9 Å². The van der Waals surface area contributed by atoms with Crippen molar-refractivity contribution < 1.29 is 23.8 Å². The molecule has 0 heterocycles. The molecule has 0 aromatic heterocycles. The first-order chi connectivity index (χ1) is 32.6. The van der Waals surface area contributed by atoms with E-state index in [9.17, 15) is 9.59 Å². The lowest BCUT2D eigenvalue weighted by atomic mass is 10.0. The predicted octanol–water partition coefficient (Wildman–Crippen LogP) is 19.7. The van der Waals surface area contributed by atoms with Crippen molar-refractivity contribution >= 4 is 11.9 Å². The molecule has 0 aliphatic carbocycles. The molecule has 0 saturated heterocycles. The molecule has 0 amide bonds. The van der Waals surface area contributed by atoms with Crippen molar-refractivity contribution in [2.75, 3.05) is 19.8 Å². The molecule has 0 aliphatic rings. The number of esters is 2. The molecule has 1 atom stereocenters. The molecule has 66 heavy (non-hydrogen) atoms. The van der Waals surface area contributed by atoms with E-state index in [0.717, 1.165) is 83.5 Å². The summed E-state index contributed by atoms with van der Waals surface area (Å²) in [6.07, 6.45) is 72.4. The zero-order valence-corrected chi connectivity index (χ0v) is 44.2. The SMILES string of the molecule is CC/C=C\C/C=C\C/C=C\CCCCCCCCOCC(COC(=O)CCCCCCCCCCCCCCCCCCCCC)OC(=O)CCCCCCC/C=C\C/C=C\CCCCC.